The summed E-state index contributed by atoms with van der Waals surface area (Å²) in [6, 6.07) is 3.44. The Morgan fingerprint density at radius 1 is 1.40 bits per heavy atom. The number of benzene rings is 1. The van der Waals surface area contributed by atoms with E-state index in [0.29, 0.717) is 17.9 Å². The van der Waals surface area contributed by atoms with Gasteiger partial charge in [-0.15, -0.1) is 5.10 Å². The lowest BCUT2D eigenvalue weighted by atomic mass is 9.77. The van der Waals surface area contributed by atoms with Gasteiger partial charge >= 0.3 is 7.12 Å². The molecule has 20 heavy (non-hydrogen) atoms. The molecule has 0 amide bonds. The Hall–Kier alpha value is -2.06. The standard InChI is InChI=1S/C12H19BN4O3/c1-3-4-20-11-9(7-16-17-12(14)15)5-8(2)6-10(11)13(18)19/h5-7,18-19H,3-4H2,1-2H3,(H4,14,15,17). The third-order valence-corrected chi connectivity index (χ3v) is 2.39. The Morgan fingerprint density at radius 2 is 2.10 bits per heavy atom. The number of hydrogen-bond acceptors (Lipinski definition) is 5. The van der Waals surface area contributed by atoms with E-state index in [1.807, 2.05) is 13.8 Å². The molecular weight excluding hydrogens is 259 g/mol. The fourth-order valence-corrected chi connectivity index (χ4v) is 1.65. The van der Waals surface area contributed by atoms with Crippen LogP contribution >= 0.6 is 0 Å². The van der Waals surface area contributed by atoms with Crippen LogP contribution in [0.15, 0.2) is 22.3 Å². The van der Waals surface area contributed by atoms with E-state index in [1.165, 1.54) is 6.21 Å². The van der Waals surface area contributed by atoms with Crippen molar-refractivity contribution in [3.05, 3.63) is 23.3 Å². The molecule has 0 saturated carbocycles. The van der Waals surface area contributed by atoms with Gasteiger partial charge < -0.3 is 26.3 Å². The van der Waals surface area contributed by atoms with Crippen molar-refractivity contribution >= 4 is 24.8 Å². The molecule has 0 saturated heterocycles. The Labute approximate surface area is 118 Å². The van der Waals surface area contributed by atoms with E-state index in [2.05, 4.69) is 10.2 Å². The Kier molecular flexibility index (Phi) is 6.01. The number of nitrogens with zero attached hydrogens (tertiary/aromatic N) is 2. The number of guanidine groups is 1. The second kappa shape index (κ2) is 7.51. The molecule has 0 aromatic heterocycles. The summed E-state index contributed by atoms with van der Waals surface area (Å²) >= 11 is 0. The summed E-state index contributed by atoms with van der Waals surface area (Å²) in [7, 11) is -1.63. The second-order valence-electron chi connectivity index (χ2n) is 4.26. The van der Waals surface area contributed by atoms with Crippen LogP contribution in [0.3, 0.4) is 0 Å². The normalized spacial score (nSPS) is 10.6. The molecule has 0 atom stereocenters. The summed E-state index contributed by atoms with van der Waals surface area (Å²) in [6.07, 6.45) is 2.20. The maximum absolute atomic E-state index is 9.43. The largest absolute Gasteiger partial charge is 0.493 e. The zero-order chi connectivity index (χ0) is 15.1. The molecular formula is C12H19BN4O3. The van der Waals surface area contributed by atoms with Crippen molar-refractivity contribution in [2.45, 2.75) is 20.3 Å². The van der Waals surface area contributed by atoms with E-state index in [9.17, 15) is 10.0 Å². The van der Waals surface area contributed by atoms with Crippen LogP contribution in [-0.2, 0) is 0 Å². The third-order valence-electron chi connectivity index (χ3n) is 2.39. The quantitative estimate of drug-likeness (QED) is 0.231. The minimum Gasteiger partial charge on any atom is -0.493 e. The van der Waals surface area contributed by atoms with E-state index in [0.717, 1.165) is 12.0 Å². The van der Waals surface area contributed by atoms with Gasteiger partial charge in [-0.3, -0.25) is 0 Å². The molecule has 0 radical (unpaired) electrons. The minimum absolute atomic E-state index is 0.160. The molecule has 6 N–H and O–H groups in total. The molecule has 0 aliphatic carbocycles. The van der Waals surface area contributed by atoms with Crippen LogP contribution in [0.25, 0.3) is 0 Å². The van der Waals surface area contributed by atoms with Crippen LogP contribution in [-0.4, -0.2) is 35.9 Å². The fourth-order valence-electron chi connectivity index (χ4n) is 1.65. The molecule has 1 aromatic rings. The molecule has 8 heteroatoms. The van der Waals surface area contributed by atoms with E-state index in [1.54, 1.807) is 12.1 Å². The van der Waals surface area contributed by atoms with Crippen LogP contribution in [0.2, 0.25) is 0 Å². The molecule has 0 aliphatic rings. The van der Waals surface area contributed by atoms with Crippen molar-refractivity contribution < 1.29 is 14.8 Å². The summed E-state index contributed by atoms with van der Waals surface area (Å²) < 4.78 is 5.57. The van der Waals surface area contributed by atoms with Gasteiger partial charge in [0, 0.05) is 11.0 Å². The van der Waals surface area contributed by atoms with Gasteiger partial charge in [-0.05, 0) is 19.4 Å². The van der Waals surface area contributed by atoms with Crippen molar-refractivity contribution in [3.8, 4) is 5.75 Å². The van der Waals surface area contributed by atoms with Crippen LogP contribution < -0.4 is 21.7 Å². The average Bonchev–Trinajstić information content (AvgIpc) is 2.36. The van der Waals surface area contributed by atoms with E-state index < -0.39 is 7.12 Å². The summed E-state index contributed by atoms with van der Waals surface area (Å²) in [5, 5.41) is 26.1. The lowest BCUT2D eigenvalue weighted by Crippen LogP contribution is -2.32. The Morgan fingerprint density at radius 3 is 2.65 bits per heavy atom. The van der Waals surface area contributed by atoms with Crippen LogP contribution in [0.4, 0.5) is 0 Å². The van der Waals surface area contributed by atoms with Gasteiger partial charge in [0.25, 0.3) is 0 Å². The summed E-state index contributed by atoms with van der Waals surface area (Å²) in [6.45, 7) is 4.23. The number of rotatable bonds is 6. The number of hydrogen-bond donors (Lipinski definition) is 4. The van der Waals surface area contributed by atoms with Gasteiger partial charge in [0.15, 0.2) is 0 Å². The van der Waals surface area contributed by atoms with Crippen molar-refractivity contribution in [1.82, 2.24) is 0 Å². The molecule has 1 rings (SSSR count). The van der Waals surface area contributed by atoms with E-state index in [4.69, 9.17) is 16.2 Å². The van der Waals surface area contributed by atoms with Crippen LogP contribution in [0.5, 0.6) is 5.75 Å². The second-order valence-corrected chi connectivity index (χ2v) is 4.26. The number of aryl methyl sites for hydroxylation is 1. The molecule has 0 bridgehead atoms. The predicted molar refractivity (Wildman–Crippen MR) is 80.2 cm³/mol. The first-order valence-corrected chi connectivity index (χ1v) is 6.21. The Balaban J connectivity index is 3.24. The van der Waals surface area contributed by atoms with Crippen molar-refractivity contribution in [1.29, 1.82) is 0 Å². The molecule has 0 unspecified atom stereocenters. The molecule has 108 valence electrons. The first-order chi connectivity index (χ1) is 9.45. The van der Waals surface area contributed by atoms with Gasteiger partial charge in [0.2, 0.25) is 5.96 Å². The highest BCUT2D eigenvalue weighted by Gasteiger charge is 2.20. The minimum atomic E-state index is -1.63. The SMILES string of the molecule is CCCOc1c(C=NN=C(N)N)cc(C)cc1B(O)O. The molecule has 0 spiro atoms. The zero-order valence-corrected chi connectivity index (χ0v) is 11.6. The van der Waals surface area contributed by atoms with Gasteiger partial charge in [0.05, 0.1) is 12.8 Å². The van der Waals surface area contributed by atoms with Gasteiger partial charge in [-0.2, -0.15) is 5.10 Å². The first kappa shape index (κ1) is 16.0. The molecule has 0 aliphatic heterocycles. The van der Waals surface area contributed by atoms with E-state index in [-0.39, 0.29) is 11.4 Å². The summed E-state index contributed by atoms with van der Waals surface area (Å²) in [5.74, 6) is 0.203. The molecule has 1 aromatic carbocycles. The monoisotopic (exact) mass is 278 g/mol. The first-order valence-electron chi connectivity index (χ1n) is 6.21. The lowest BCUT2D eigenvalue weighted by Gasteiger charge is -2.14. The molecule has 7 nitrogen and oxygen atoms in total. The molecule has 0 heterocycles. The molecule has 0 fully saturated rings. The highest BCUT2D eigenvalue weighted by molar-refractivity contribution is 6.60. The fraction of sp³-hybridized carbons (Fsp3) is 0.333. The number of nitrogens with two attached hydrogens (primary N) is 2. The van der Waals surface area contributed by atoms with Gasteiger partial charge in [-0.25, -0.2) is 0 Å². The zero-order valence-electron chi connectivity index (χ0n) is 11.6. The van der Waals surface area contributed by atoms with Gasteiger partial charge in [-0.1, -0.05) is 18.6 Å². The average molecular weight is 278 g/mol. The van der Waals surface area contributed by atoms with E-state index >= 15 is 0 Å². The van der Waals surface area contributed by atoms with Gasteiger partial charge in [0.1, 0.15) is 5.75 Å². The van der Waals surface area contributed by atoms with Crippen molar-refractivity contribution in [3.63, 3.8) is 0 Å². The maximum atomic E-state index is 9.43. The highest BCUT2D eigenvalue weighted by Crippen LogP contribution is 2.17. The highest BCUT2D eigenvalue weighted by atomic mass is 16.5. The van der Waals surface area contributed by atoms with Crippen molar-refractivity contribution in [2.24, 2.45) is 21.7 Å². The van der Waals surface area contributed by atoms with Crippen molar-refractivity contribution in [2.75, 3.05) is 6.61 Å². The van der Waals surface area contributed by atoms with Crippen LogP contribution in [0, 0.1) is 6.92 Å². The Bertz CT molecular complexity index is 514. The summed E-state index contributed by atoms with van der Waals surface area (Å²) in [4.78, 5) is 0. The number of ether oxygens (including phenoxy) is 1. The summed E-state index contributed by atoms with van der Waals surface area (Å²) in [5.41, 5.74) is 12.1. The maximum Gasteiger partial charge on any atom is 0.492 e. The topological polar surface area (TPSA) is 126 Å². The smallest absolute Gasteiger partial charge is 0.492 e. The lowest BCUT2D eigenvalue weighted by molar-refractivity contribution is 0.317. The van der Waals surface area contributed by atoms with Crippen LogP contribution in [0.1, 0.15) is 24.5 Å². The third kappa shape index (κ3) is 4.56. The predicted octanol–water partition coefficient (Wildman–Crippen LogP) is -0.929.